The van der Waals surface area contributed by atoms with Gasteiger partial charge in [0.25, 0.3) is 0 Å². The number of aliphatic hydroxyl groups excluding tert-OH is 1. The molecular formula is C15H21FN2O2. The van der Waals surface area contributed by atoms with Crippen LogP contribution in [-0.2, 0) is 4.79 Å². The molecule has 1 amide bonds. The van der Waals surface area contributed by atoms with Crippen LogP contribution in [0.3, 0.4) is 0 Å². The Morgan fingerprint density at radius 3 is 2.50 bits per heavy atom. The van der Waals surface area contributed by atoms with E-state index in [0.717, 1.165) is 18.4 Å². The summed E-state index contributed by atoms with van der Waals surface area (Å²) in [5.41, 5.74) is 6.12. The van der Waals surface area contributed by atoms with Crippen molar-refractivity contribution in [3.05, 3.63) is 35.6 Å². The third-order valence-electron chi connectivity index (χ3n) is 3.91. The van der Waals surface area contributed by atoms with E-state index in [1.165, 1.54) is 12.1 Å². The van der Waals surface area contributed by atoms with Crippen LogP contribution in [0, 0.1) is 11.7 Å². The smallest absolute Gasteiger partial charge is 0.223 e. The first kappa shape index (κ1) is 14.9. The molecular weight excluding hydrogens is 259 g/mol. The third-order valence-corrected chi connectivity index (χ3v) is 3.91. The molecule has 3 N–H and O–H groups in total. The number of likely N-dealkylation sites (tertiary alicyclic amines) is 1. The van der Waals surface area contributed by atoms with Gasteiger partial charge in [0.2, 0.25) is 5.91 Å². The number of carbonyl (C=O) groups is 1. The second-order valence-corrected chi connectivity index (χ2v) is 5.25. The molecule has 0 radical (unpaired) electrons. The van der Waals surface area contributed by atoms with Crippen molar-refractivity contribution in [1.29, 1.82) is 0 Å². The van der Waals surface area contributed by atoms with Crippen molar-refractivity contribution in [1.82, 2.24) is 4.90 Å². The molecule has 0 spiro atoms. The molecule has 1 saturated heterocycles. The standard InChI is InChI=1S/C15H21FN2O2/c16-13-3-1-11(2-4-13)15(20)12-6-9-18(10-7-12)14(19)5-8-17/h1-4,12,15,20H,5-10,17H2. The van der Waals surface area contributed by atoms with Crippen molar-refractivity contribution in [2.45, 2.75) is 25.4 Å². The minimum Gasteiger partial charge on any atom is -0.388 e. The van der Waals surface area contributed by atoms with Crippen LogP contribution in [0.25, 0.3) is 0 Å². The van der Waals surface area contributed by atoms with E-state index in [2.05, 4.69) is 0 Å². The number of carbonyl (C=O) groups excluding carboxylic acids is 1. The highest BCUT2D eigenvalue weighted by molar-refractivity contribution is 5.76. The van der Waals surface area contributed by atoms with E-state index in [1.807, 2.05) is 0 Å². The van der Waals surface area contributed by atoms with Crippen molar-refractivity contribution in [3.8, 4) is 0 Å². The number of rotatable bonds is 4. The van der Waals surface area contributed by atoms with E-state index >= 15 is 0 Å². The minimum absolute atomic E-state index is 0.0854. The van der Waals surface area contributed by atoms with Crippen molar-refractivity contribution in [3.63, 3.8) is 0 Å². The fourth-order valence-corrected chi connectivity index (χ4v) is 2.68. The molecule has 0 bridgehead atoms. The maximum absolute atomic E-state index is 12.9. The lowest BCUT2D eigenvalue weighted by atomic mass is 9.87. The molecule has 0 saturated carbocycles. The van der Waals surface area contributed by atoms with E-state index in [4.69, 9.17) is 5.73 Å². The van der Waals surface area contributed by atoms with Gasteiger partial charge in [0, 0.05) is 26.1 Å². The minimum atomic E-state index is -0.595. The Balaban J connectivity index is 1.90. The topological polar surface area (TPSA) is 66.6 Å². The summed E-state index contributed by atoms with van der Waals surface area (Å²) < 4.78 is 12.9. The summed E-state index contributed by atoms with van der Waals surface area (Å²) >= 11 is 0. The maximum Gasteiger partial charge on any atom is 0.223 e. The summed E-state index contributed by atoms with van der Waals surface area (Å²) in [7, 11) is 0. The zero-order valence-corrected chi connectivity index (χ0v) is 11.5. The van der Waals surface area contributed by atoms with Gasteiger partial charge in [-0.2, -0.15) is 0 Å². The number of halogens is 1. The molecule has 5 heteroatoms. The van der Waals surface area contributed by atoms with Crippen LogP contribution >= 0.6 is 0 Å². The number of piperidine rings is 1. The van der Waals surface area contributed by atoms with Crippen LogP contribution in [0.2, 0.25) is 0 Å². The van der Waals surface area contributed by atoms with Crippen LogP contribution in [0.1, 0.15) is 30.9 Å². The summed E-state index contributed by atoms with van der Waals surface area (Å²) in [6, 6.07) is 5.95. The first-order valence-corrected chi connectivity index (χ1v) is 7.03. The van der Waals surface area contributed by atoms with Crippen LogP contribution < -0.4 is 5.73 Å². The number of amides is 1. The fourth-order valence-electron chi connectivity index (χ4n) is 2.68. The first-order valence-electron chi connectivity index (χ1n) is 7.03. The predicted molar refractivity (Wildman–Crippen MR) is 74.3 cm³/mol. The van der Waals surface area contributed by atoms with Crippen LogP contribution in [0.4, 0.5) is 4.39 Å². The highest BCUT2D eigenvalue weighted by Gasteiger charge is 2.27. The maximum atomic E-state index is 12.9. The number of benzene rings is 1. The lowest BCUT2D eigenvalue weighted by Crippen LogP contribution is -2.40. The molecule has 1 aromatic rings. The van der Waals surface area contributed by atoms with Crippen molar-refractivity contribution < 1.29 is 14.3 Å². The zero-order valence-electron chi connectivity index (χ0n) is 11.5. The summed E-state index contributed by atoms with van der Waals surface area (Å²) in [6.07, 6.45) is 1.30. The number of aliphatic hydroxyl groups is 1. The quantitative estimate of drug-likeness (QED) is 0.877. The average molecular weight is 280 g/mol. The number of nitrogens with zero attached hydrogens (tertiary/aromatic N) is 1. The van der Waals surface area contributed by atoms with Gasteiger partial charge in [-0.05, 0) is 36.5 Å². The van der Waals surface area contributed by atoms with Crippen molar-refractivity contribution in [2.75, 3.05) is 19.6 Å². The van der Waals surface area contributed by atoms with Gasteiger partial charge in [0.15, 0.2) is 0 Å². The molecule has 1 unspecified atom stereocenters. The van der Waals surface area contributed by atoms with Gasteiger partial charge in [0.05, 0.1) is 6.10 Å². The van der Waals surface area contributed by atoms with Gasteiger partial charge >= 0.3 is 0 Å². The van der Waals surface area contributed by atoms with E-state index in [1.54, 1.807) is 17.0 Å². The Labute approximate surface area is 118 Å². The summed E-state index contributed by atoms with van der Waals surface area (Å²) in [6.45, 7) is 1.68. The molecule has 0 aromatic heterocycles. The Kier molecular flexibility index (Phi) is 5.09. The number of nitrogens with two attached hydrogens (primary N) is 1. The highest BCUT2D eigenvalue weighted by atomic mass is 19.1. The number of hydrogen-bond acceptors (Lipinski definition) is 3. The largest absolute Gasteiger partial charge is 0.388 e. The Bertz CT molecular complexity index is 442. The second-order valence-electron chi connectivity index (χ2n) is 5.25. The third kappa shape index (κ3) is 3.55. The normalized spacial score (nSPS) is 18.1. The van der Waals surface area contributed by atoms with Gasteiger partial charge in [-0.25, -0.2) is 4.39 Å². The van der Waals surface area contributed by atoms with E-state index in [0.29, 0.717) is 26.1 Å². The Hall–Kier alpha value is -1.46. The van der Waals surface area contributed by atoms with Gasteiger partial charge in [-0.15, -0.1) is 0 Å². The SMILES string of the molecule is NCCC(=O)N1CCC(C(O)c2ccc(F)cc2)CC1. The molecule has 1 heterocycles. The average Bonchev–Trinajstić information content (AvgIpc) is 2.48. The van der Waals surface area contributed by atoms with Gasteiger partial charge in [-0.3, -0.25) is 4.79 Å². The monoisotopic (exact) mass is 280 g/mol. The molecule has 20 heavy (non-hydrogen) atoms. The van der Waals surface area contributed by atoms with Gasteiger partial charge < -0.3 is 15.7 Å². The van der Waals surface area contributed by atoms with Crippen molar-refractivity contribution in [2.24, 2.45) is 11.7 Å². The first-order chi connectivity index (χ1) is 9.61. The second kappa shape index (κ2) is 6.81. The Morgan fingerprint density at radius 2 is 1.95 bits per heavy atom. The number of hydrogen-bond donors (Lipinski definition) is 2. The van der Waals surface area contributed by atoms with E-state index < -0.39 is 6.10 Å². The summed E-state index contributed by atoms with van der Waals surface area (Å²) in [5, 5.41) is 10.3. The lowest BCUT2D eigenvalue weighted by molar-refractivity contribution is -0.133. The summed E-state index contributed by atoms with van der Waals surface area (Å²) in [5.74, 6) is -0.104. The molecule has 1 aliphatic rings. The lowest BCUT2D eigenvalue weighted by Gasteiger charge is -2.34. The van der Waals surface area contributed by atoms with Crippen LogP contribution in [-0.4, -0.2) is 35.5 Å². The molecule has 1 aliphatic heterocycles. The van der Waals surface area contributed by atoms with Gasteiger partial charge in [0.1, 0.15) is 5.82 Å². The van der Waals surface area contributed by atoms with Crippen LogP contribution in [0.15, 0.2) is 24.3 Å². The van der Waals surface area contributed by atoms with Crippen molar-refractivity contribution >= 4 is 5.91 Å². The molecule has 1 fully saturated rings. The molecule has 2 rings (SSSR count). The van der Waals surface area contributed by atoms with Crippen LogP contribution in [0.5, 0.6) is 0 Å². The highest BCUT2D eigenvalue weighted by Crippen LogP contribution is 2.30. The fraction of sp³-hybridized carbons (Fsp3) is 0.533. The molecule has 0 aliphatic carbocycles. The summed E-state index contributed by atoms with van der Waals surface area (Å²) in [4.78, 5) is 13.5. The molecule has 1 atom stereocenters. The predicted octanol–water partition coefficient (Wildman–Crippen LogP) is 1.45. The van der Waals surface area contributed by atoms with Gasteiger partial charge in [-0.1, -0.05) is 12.1 Å². The van der Waals surface area contributed by atoms with E-state index in [-0.39, 0.29) is 17.6 Å². The molecule has 1 aromatic carbocycles. The van der Waals surface area contributed by atoms with E-state index in [9.17, 15) is 14.3 Å². The molecule has 110 valence electrons. The molecule has 4 nitrogen and oxygen atoms in total. The zero-order chi connectivity index (χ0) is 14.5. The Morgan fingerprint density at radius 1 is 1.35 bits per heavy atom.